The van der Waals surface area contributed by atoms with E-state index in [9.17, 15) is 4.79 Å². The maximum atomic E-state index is 12.6. The first kappa shape index (κ1) is 15.6. The third kappa shape index (κ3) is 7.83. The topological polar surface area (TPSA) is 55.1 Å². The van der Waals surface area contributed by atoms with E-state index in [4.69, 9.17) is 7.10 Å². The fourth-order valence-electron chi connectivity index (χ4n) is 1.74. The maximum absolute atomic E-state index is 12.6. The molecule has 3 nitrogen and oxygen atoms in total. The van der Waals surface area contributed by atoms with Crippen LogP contribution in [-0.2, 0) is 4.79 Å². The molecule has 108 valence electrons. The number of rotatable bonds is 6. The van der Waals surface area contributed by atoms with E-state index in [0.717, 1.165) is 12.8 Å². The van der Waals surface area contributed by atoms with Gasteiger partial charge in [0.1, 0.15) is 0 Å². The minimum atomic E-state index is -1.23. The first-order valence-corrected chi connectivity index (χ1v) is 6.88. The monoisotopic (exact) mass is 257 g/mol. The lowest BCUT2D eigenvalue weighted by Crippen LogP contribution is -2.50. The molecule has 0 saturated heterocycles. The minimum absolute atomic E-state index is 0.0559. The third-order valence-electron chi connectivity index (χ3n) is 2.57. The van der Waals surface area contributed by atoms with E-state index in [0.29, 0.717) is 6.42 Å². The molecule has 0 spiro atoms. The van der Waals surface area contributed by atoms with Crippen LogP contribution in [-0.4, -0.2) is 23.4 Å². The number of nitrogens with two attached hydrogens (primary N) is 1. The highest BCUT2D eigenvalue weighted by Gasteiger charge is 2.31. The van der Waals surface area contributed by atoms with Gasteiger partial charge in [-0.15, -0.1) is 0 Å². The smallest absolute Gasteiger partial charge is 0.155 e. The van der Waals surface area contributed by atoms with Gasteiger partial charge in [-0.2, -0.15) is 0 Å². The molecule has 0 fully saturated rings. The highest BCUT2D eigenvalue weighted by Crippen LogP contribution is 2.21. The quantitative estimate of drug-likeness (QED) is 0.769. The molecule has 0 aliphatic carbocycles. The molecule has 3 heteroatoms. The molecular weight excluding hydrogens is 224 g/mol. The summed E-state index contributed by atoms with van der Waals surface area (Å²) in [7, 11) is 0. The summed E-state index contributed by atoms with van der Waals surface area (Å²) in [5, 5.41) is 3.19. The SMILES string of the molecule is [2H][C@@](CCC[C@@H](C)N)(NC(C)(C)C)C(=O)C(C)(C)C. The normalized spacial score (nSPS) is 19.0. The molecule has 0 unspecified atom stereocenters. The lowest BCUT2D eigenvalue weighted by Gasteiger charge is -2.32. The predicted molar refractivity (Wildman–Crippen MR) is 78.6 cm³/mol. The summed E-state index contributed by atoms with van der Waals surface area (Å²) in [5.74, 6) is -0.0559. The summed E-state index contributed by atoms with van der Waals surface area (Å²) in [6, 6.07) is -1.12. The Morgan fingerprint density at radius 1 is 1.22 bits per heavy atom. The van der Waals surface area contributed by atoms with E-state index in [1.165, 1.54) is 0 Å². The molecule has 0 aromatic heterocycles. The lowest BCUT2D eigenvalue weighted by atomic mass is 9.83. The highest BCUT2D eigenvalue weighted by molar-refractivity contribution is 5.88. The second kappa shape index (κ2) is 6.67. The van der Waals surface area contributed by atoms with Crippen LogP contribution in [0.15, 0.2) is 0 Å². The summed E-state index contributed by atoms with van der Waals surface area (Å²) in [6.07, 6.45) is 2.12. The summed E-state index contributed by atoms with van der Waals surface area (Å²) in [5.41, 5.74) is 4.96. The molecule has 0 aliphatic heterocycles. The highest BCUT2D eigenvalue weighted by atomic mass is 16.1. The van der Waals surface area contributed by atoms with Crippen molar-refractivity contribution in [2.45, 2.75) is 85.3 Å². The summed E-state index contributed by atoms with van der Waals surface area (Å²) in [4.78, 5) is 12.6. The largest absolute Gasteiger partial charge is 0.328 e. The molecule has 0 bridgehead atoms. The van der Waals surface area contributed by atoms with Crippen LogP contribution in [0.5, 0.6) is 0 Å². The van der Waals surface area contributed by atoms with Gasteiger partial charge in [0.2, 0.25) is 0 Å². The second-order valence-electron chi connectivity index (χ2n) is 7.30. The predicted octanol–water partition coefficient (Wildman–Crippen LogP) is 2.88. The van der Waals surface area contributed by atoms with Gasteiger partial charge in [-0.05, 0) is 47.0 Å². The Labute approximate surface area is 114 Å². The zero-order valence-corrected chi connectivity index (χ0v) is 13.2. The van der Waals surface area contributed by atoms with Crippen molar-refractivity contribution >= 4 is 5.78 Å². The van der Waals surface area contributed by atoms with Crippen molar-refractivity contribution < 1.29 is 6.17 Å². The Balaban J connectivity index is 4.98. The Morgan fingerprint density at radius 3 is 2.06 bits per heavy atom. The molecule has 0 amide bonds. The first-order valence-electron chi connectivity index (χ1n) is 7.38. The number of hydrogen-bond donors (Lipinski definition) is 2. The van der Waals surface area contributed by atoms with Gasteiger partial charge < -0.3 is 11.1 Å². The number of carbonyl (C=O) groups is 1. The van der Waals surface area contributed by atoms with Crippen LogP contribution < -0.4 is 11.1 Å². The molecule has 0 aromatic carbocycles. The van der Waals surface area contributed by atoms with Crippen LogP contribution >= 0.6 is 0 Å². The average molecular weight is 257 g/mol. The first-order chi connectivity index (χ1) is 8.28. The standard InChI is InChI=1S/C15H32N2O/c1-11(16)9-8-10-12(17-15(5,6)7)13(18)14(2,3)4/h11-12,17H,8-10,16H2,1-7H3/t11-,12+/m1/s1/i12D. The van der Waals surface area contributed by atoms with Gasteiger partial charge in [-0.25, -0.2) is 0 Å². The number of Topliss-reactive ketones (excluding diaryl/α,β-unsaturated/α-hetero) is 1. The Bertz CT molecular complexity index is 302. The van der Waals surface area contributed by atoms with Gasteiger partial charge in [0.15, 0.2) is 5.78 Å². The molecule has 0 aliphatic rings. The van der Waals surface area contributed by atoms with E-state index in [2.05, 4.69) is 5.32 Å². The van der Waals surface area contributed by atoms with E-state index in [1.54, 1.807) is 0 Å². The van der Waals surface area contributed by atoms with E-state index in [1.807, 2.05) is 48.5 Å². The van der Waals surface area contributed by atoms with Crippen LogP contribution in [0.4, 0.5) is 0 Å². The number of ketones is 1. The molecule has 3 N–H and O–H groups in total. The number of carbonyl (C=O) groups excluding carboxylic acids is 1. The van der Waals surface area contributed by atoms with Crippen LogP contribution in [0.1, 0.15) is 69.1 Å². The summed E-state index contributed by atoms with van der Waals surface area (Å²) >= 11 is 0. The molecule has 0 radical (unpaired) electrons. The van der Waals surface area contributed by atoms with Crippen LogP contribution in [0.2, 0.25) is 0 Å². The lowest BCUT2D eigenvalue weighted by molar-refractivity contribution is -0.129. The van der Waals surface area contributed by atoms with Crippen molar-refractivity contribution in [2.75, 3.05) is 0 Å². The summed E-state index contributed by atoms with van der Waals surface area (Å²) in [6.45, 7) is 13.5. The van der Waals surface area contributed by atoms with Crippen molar-refractivity contribution in [1.82, 2.24) is 5.32 Å². The molecule has 0 heterocycles. The Morgan fingerprint density at radius 2 is 1.72 bits per heavy atom. The summed E-state index contributed by atoms with van der Waals surface area (Å²) < 4.78 is 8.58. The van der Waals surface area contributed by atoms with E-state index in [-0.39, 0.29) is 17.4 Å². The van der Waals surface area contributed by atoms with Crippen molar-refractivity contribution in [3.05, 3.63) is 0 Å². The molecule has 0 saturated carbocycles. The van der Waals surface area contributed by atoms with Gasteiger partial charge in [0.05, 0.1) is 7.39 Å². The van der Waals surface area contributed by atoms with E-state index >= 15 is 0 Å². The second-order valence-corrected chi connectivity index (χ2v) is 7.30. The maximum Gasteiger partial charge on any atom is 0.155 e. The van der Waals surface area contributed by atoms with Gasteiger partial charge >= 0.3 is 0 Å². The van der Waals surface area contributed by atoms with Gasteiger partial charge in [0, 0.05) is 17.0 Å². The Hall–Kier alpha value is -0.410. The van der Waals surface area contributed by atoms with Crippen molar-refractivity contribution in [3.63, 3.8) is 0 Å². The van der Waals surface area contributed by atoms with Gasteiger partial charge in [-0.3, -0.25) is 4.79 Å². The minimum Gasteiger partial charge on any atom is -0.328 e. The molecule has 18 heavy (non-hydrogen) atoms. The van der Waals surface area contributed by atoms with Crippen LogP contribution in [0, 0.1) is 5.41 Å². The fraction of sp³-hybridized carbons (Fsp3) is 0.933. The van der Waals surface area contributed by atoms with Crippen molar-refractivity contribution in [2.24, 2.45) is 11.1 Å². The van der Waals surface area contributed by atoms with Gasteiger partial charge in [-0.1, -0.05) is 20.8 Å². The van der Waals surface area contributed by atoms with Crippen molar-refractivity contribution in [3.8, 4) is 0 Å². The number of nitrogens with one attached hydrogen (secondary N) is 1. The fourth-order valence-corrected chi connectivity index (χ4v) is 1.74. The van der Waals surface area contributed by atoms with Crippen LogP contribution in [0.3, 0.4) is 0 Å². The molecule has 0 rings (SSSR count). The molecular formula is C15H32N2O. The Kier molecular flexibility index (Phi) is 5.80. The van der Waals surface area contributed by atoms with Crippen LogP contribution in [0.25, 0.3) is 0 Å². The average Bonchev–Trinajstić information content (AvgIpc) is 2.11. The van der Waals surface area contributed by atoms with E-state index < -0.39 is 11.4 Å². The molecule has 0 aromatic rings. The molecule has 2 atom stereocenters. The van der Waals surface area contributed by atoms with Gasteiger partial charge in [0.25, 0.3) is 0 Å². The third-order valence-corrected chi connectivity index (χ3v) is 2.57. The zero-order chi connectivity index (χ0) is 15.5. The van der Waals surface area contributed by atoms with Crippen molar-refractivity contribution in [1.29, 1.82) is 0 Å². The zero-order valence-electron chi connectivity index (χ0n) is 14.2. The number of hydrogen-bond acceptors (Lipinski definition) is 3.